The van der Waals surface area contributed by atoms with Gasteiger partial charge in [0, 0.05) is 22.8 Å². The van der Waals surface area contributed by atoms with Gasteiger partial charge in [0.25, 0.3) is 0 Å². The normalized spacial score (nSPS) is 27.5. The van der Waals surface area contributed by atoms with E-state index in [0.717, 1.165) is 35.4 Å². The maximum atomic E-state index is 13.0. The van der Waals surface area contributed by atoms with Gasteiger partial charge in [-0.2, -0.15) is 4.31 Å². The van der Waals surface area contributed by atoms with E-state index in [2.05, 4.69) is 0 Å². The highest BCUT2D eigenvalue weighted by Crippen LogP contribution is 2.35. The van der Waals surface area contributed by atoms with Crippen molar-refractivity contribution < 1.29 is 13.2 Å². The first kappa shape index (κ1) is 15.4. The number of sulfonamides is 1. The van der Waals surface area contributed by atoms with Gasteiger partial charge >= 0.3 is 0 Å². The lowest BCUT2D eigenvalue weighted by molar-refractivity contribution is -0.0586. The molecule has 1 aliphatic heterocycles. The molecule has 2 aliphatic rings. The van der Waals surface area contributed by atoms with Crippen LogP contribution in [-0.4, -0.2) is 38.0 Å². The second kappa shape index (κ2) is 5.96. The first-order valence-corrected chi connectivity index (χ1v) is 9.72. The topological polar surface area (TPSA) is 72.6 Å². The molecule has 1 saturated heterocycles. The molecule has 1 aromatic rings. The van der Waals surface area contributed by atoms with Gasteiger partial charge in [-0.1, -0.05) is 12.8 Å². The molecular weight excluding hydrogens is 308 g/mol. The molecule has 1 saturated carbocycles. The van der Waals surface area contributed by atoms with Crippen molar-refractivity contribution in [2.24, 2.45) is 5.73 Å². The van der Waals surface area contributed by atoms with Gasteiger partial charge in [0.2, 0.25) is 10.0 Å². The predicted molar refractivity (Wildman–Crippen MR) is 82.8 cm³/mol. The van der Waals surface area contributed by atoms with E-state index in [4.69, 9.17) is 10.5 Å². The highest BCUT2D eigenvalue weighted by Gasteiger charge is 2.41. The predicted octanol–water partition coefficient (Wildman–Crippen LogP) is 1.85. The summed E-state index contributed by atoms with van der Waals surface area (Å²) in [4.78, 5) is 2.17. The molecular formula is C14H22N2O3S2. The zero-order valence-corrected chi connectivity index (χ0v) is 13.9. The summed E-state index contributed by atoms with van der Waals surface area (Å²) in [6.07, 6.45) is 4.14. The van der Waals surface area contributed by atoms with E-state index in [1.165, 1.54) is 11.3 Å². The largest absolute Gasteiger partial charge is 0.375 e. The third kappa shape index (κ3) is 2.77. The summed E-state index contributed by atoms with van der Waals surface area (Å²) in [5, 5.41) is 0. The fraction of sp³-hybridized carbons (Fsp3) is 0.714. The molecule has 5 nitrogen and oxygen atoms in total. The van der Waals surface area contributed by atoms with Crippen molar-refractivity contribution in [3.05, 3.63) is 15.8 Å². The van der Waals surface area contributed by atoms with Crippen molar-refractivity contribution in [2.75, 3.05) is 13.2 Å². The van der Waals surface area contributed by atoms with Crippen molar-refractivity contribution in [1.82, 2.24) is 4.31 Å². The van der Waals surface area contributed by atoms with Gasteiger partial charge in [0.15, 0.2) is 0 Å². The Kier molecular flexibility index (Phi) is 4.38. The molecule has 0 spiro atoms. The van der Waals surface area contributed by atoms with Crippen LogP contribution in [0.5, 0.6) is 0 Å². The number of rotatable bonds is 3. The Labute approximate surface area is 130 Å². The van der Waals surface area contributed by atoms with Crippen LogP contribution in [0.25, 0.3) is 0 Å². The number of aryl methyl sites for hydroxylation is 1. The molecule has 2 N–H and O–H groups in total. The Morgan fingerprint density at radius 1 is 1.43 bits per heavy atom. The number of nitrogens with two attached hydrogens (primary N) is 1. The second-order valence-electron chi connectivity index (χ2n) is 5.71. The standard InChI is InChI=1S/C14H22N2O3S2/c1-10-14(8-11(9-15)20-10)21(17,18)16-6-7-19-13-5-3-2-4-12(13)16/h8,12-13H,2-7,9,15H2,1H3. The van der Waals surface area contributed by atoms with Crippen LogP contribution < -0.4 is 5.73 Å². The van der Waals surface area contributed by atoms with E-state index in [9.17, 15) is 8.42 Å². The van der Waals surface area contributed by atoms with Crippen LogP contribution in [0.3, 0.4) is 0 Å². The molecule has 2 unspecified atom stereocenters. The Morgan fingerprint density at radius 3 is 2.90 bits per heavy atom. The minimum Gasteiger partial charge on any atom is -0.375 e. The summed E-state index contributed by atoms with van der Waals surface area (Å²) in [5.41, 5.74) is 5.64. The van der Waals surface area contributed by atoms with E-state index in [-0.39, 0.29) is 12.1 Å². The molecule has 0 amide bonds. The van der Waals surface area contributed by atoms with Gasteiger partial charge in [-0.05, 0) is 25.8 Å². The fourth-order valence-electron chi connectivity index (χ4n) is 3.37. The van der Waals surface area contributed by atoms with E-state index >= 15 is 0 Å². The van der Waals surface area contributed by atoms with E-state index in [0.29, 0.717) is 24.6 Å². The molecule has 1 aliphatic carbocycles. The molecule has 118 valence electrons. The maximum absolute atomic E-state index is 13.0. The first-order valence-electron chi connectivity index (χ1n) is 7.47. The highest BCUT2D eigenvalue weighted by molar-refractivity contribution is 7.89. The number of hydrogen-bond donors (Lipinski definition) is 1. The molecule has 21 heavy (non-hydrogen) atoms. The molecule has 2 atom stereocenters. The maximum Gasteiger partial charge on any atom is 0.244 e. The third-order valence-corrected chi connectivity index (χ3v) is 7.64. The number of thiophene rings is 1. The van der Waals surface area contributed by atoms with Crippen LogP contribution in [0.4, 0.5) is 0 Å². The molecule has 0 radical (unpaired) electrons. The van der Waals surface area contributed by atoms with Gasteiger partial charge in [-0.25, -0.2) is 8.42 Å². The van der Waals surface area contributed by atoms with Crippen molar-refractivity contribution in [3.63, 3.8) is 0 Å². The van der Waals surface area contributed by atoms with Gasteiger partial charge in [-0.15, -0.1) is 11.3 Å². The minimum atomic E-state index is -3.44. The SMILES string of the molecule is Cc1sc(CN)cc1S(=O)(=O)N1CCOC2CCCCC21. The number of nitrogens with zero attached hydrogens (tertiary/aromatic N) is 1. The van der Waals surface area contributed by atoms with Crippen LogP contribution in [0.1, 0.15) is 35.4 Å². The summed E-state index contributed by atoms with van der Waals surface area (Å²) in [6.45, 7) is 3.19. The average Bonchev–Trinajstić information content (AvgIpc) is 2.88. The van der Waals surface area contributed by atoms with Crippen molar-refractivity contribution in [3.8, 4) is 0 Å². The first-order chi connectivity index (χ1) is 10.0. The number of fused-ring (bicyclic) bond motifs is 1. The number of hydrogen-bond acceptors (Lipinski definition) is 5. The monoisotopic (exact) mass is 330 g/mol. The summed E-state index contributed by atoms with van der Waals surface area (Å²) < 4.78 is 33.5. The van der Waals surface area contributed by atoms with E-state index < -0.39 is 10.0 Å². The molecule has 2 heterocycles. The van der Waals surface area contributed by atoms with E-state index in [1.54, 1.807) is 10.4 Å². The van der Waals surface area contributed by atoms with E-state index in [1.807, 2.05) is 6.92 Å². The Morgan fingerprint density at radius 2 is 2.19 bits per heavy atom. The third-order valence-electron chi connectivity index (χ3n) is 4.39. The minimum absolute atomic E-state index is 0.00173. The van der Waals surface area contributed by atoms with Crippen molar-refractivity contribution in [1.29, 1.82) is 0 Å². The molecule has 1 aromatic heterocycles. The smallest absolute Gasteiger partial charge is 0.244 e. The van der Waals surface area contributed by atoms with Crippen LogP contribution >= 0.6 is 11.3 Å². The summed E-state index contributed by atoms with van der Waals surface area (Å²) in [7, 11) is -3.44. The van der Waals surface area contributed by atoms with Gasteiger partial charge < -0.3 is 10.5 Å². The van der Waals surface area contributed by atoms with Crippen molar-refractivity contribution >= 4 is 21.4 Å². The Hall–Kier alpha value is -0.470. The second-order valence-corrected chi connectivity index (χ2v) is 8.91. The lowest BCUT2D eigenvalue weighted by Gasteiger charge is -2.42. The average molecular weight is 330 g/mol. The Bertz CT molecular complexity index is 610. The fourth-order valence-corrected chi connectivity index (χ4v) is 6.51. The summed E-state index contributed by atoms with van der Waals surface area (Å²) >= 11 is 1.47. The molecule has 3 rings (SSSR count). The summed E-state index contributed by atoms with van der Waals surface area (Å²) in [6, 6.07) is 1.74. The van der Waals surface area contributed by atoms with Crippen molar-refractivity contribution in [2.45, 2.75) is 56.2 Å². The lowest BCUT2D eigenvalue weighted by Crippen LogP contribution is -2.54. The molecule has 7 heteroatoms. The zero-order valence-electron chi connectivity index (χ0n) is 12.2. The summed E-state index contributed by atoms with van der Waals surface area (Å²) in [5.74, 6) is 0. The van der Waals surface area contributed by atoms with Crippen LogP contribution in [0.15, 0.2) is 11.0 Å². The van der Waals surface area contributed by atoms with Crippen LogP contribution in [0.2, 0.25) is 0 Å². The van der Waals surface area contributed by atoms with Crippen LogP contribution in [0, 0.1) is 6.92 Å². The lowest BCUT2D eigenvalue weighted by atomic mass is 9.91. The zero-order chi connectivity index (χ0) is 15.0. The van der Waals surface area contributed by atoms with Gasteiger partial charge in [0.1, 0.15) is 0 Å². The molecule has 0 bridgehead atoms. The number of ether oxygens (including phenoxy) is 1. The number of morpholine rings is 1. The molecule has 2 fully saturated rings. The van der Waals surface area contributed by atoms with Gasteiger partial charge in [0.05, 0.1) is 23.6 Å². The molecule has 0 aromatic carbocycles. The van der Waals surface area contributed by atoms with Gasteiger partial charge in [-0.3, -0.25) is 0 Å². The van der Waals surface area contributed by atoms with Crippen LogP contribution in [-0.2, 0) is 21.3 Å². The highest BCUT2D eigenvalue weighted by atomic mass is 32.2. The quantitative estimate of drug-likeness (QED) is 0.918. The Balaban J connectivity index is 1.94.